The number of carbonyl (C=O) groups is 2. The predicted octanol–water partition coefficient (Wildman–Crippen LogP) is 5.95. The number of para-hydroxylation sites is 1. The Morgan fingerprint density at radius 3 is 2.30 bits per heavy atom. The van der Waals surface area contributed by atoms with Crippen LogP contribution < -0.4 is 14.4 Å². The van der Waals surface area contributed by atoms with Gasteiger partial charge in [-0.15, -0.1) is 0 Å². The molecule has 9 nitrogen and oxygen atoms in total. The van der Waals surface area contributed by atoms with Crippen LogP contribution in [0.4, 0.5) is 5.69 Å². The zero-order valence-corrected chi connectivity index (χ0v) is 24.4. The molecule has 0 saturated carbocycles. The fraction of sp³-hybridized carbons (Fsp3) is 0.152. The number of aromatic carboxylic acids is 1. The lowest BCUT2D eigenvalue weighted by Gasteiger charge is -2.27. The molecule has 0 spiro atoms. The molecule has 0 bridgehead atoms. The number of fused-ring (bicyclic) bond motifs is 1. The van der Waals surface area contributed by atoms with Gasteiger partial charge < -0.3 is 19.6 Å². The van der Waals surface area contributed by atoms with Crippen molar-refractivity contribution in [2.75, 3.05) is 17.5 Å². The molecule has 1 amide bonds. The fourth-order valence-corrected chi connectivity index (χ4v) is 6.27. The van der Waals surface area contributed by atoms with E-state index in [1.165, 1.54) is 24.3 Å². The highest BCUT2D eigenvalue weighted by Gasteiger charge is 2.30. The number of carboxylic acid groups (broad SMARTS) is 1. The van der Waals surface area contributed by atoms with Crippen LogP contribution in [-0.4, -0.2) is 38.6 Å². The van der Waals surface area contributed by atoms with Crippen LogP contribution in [0.1, 0.15) is 37.6 Å². The average Bonchev–Trinajstić information content (AvgIpc) is 3.43. The van der Waals surface area contributed by atoms with Crippen LogP contribution in [0.3, 0.4) is 0 Å². The Hall–Kier alpha value is -5.09. The maximum absolute atomic E-state index is 14.0. The Kier molecular flexibility index (Phi) is 8.49. The number of amides is 1. The van der Waals surface area contributed by atoms with E-state index in [-0.39, 0.29) is 47.5 Å². The molecule has 1 heterocycles. The van der Waals surface area contributed by atoms with Gasteiger partial charge in [-0.25, -0.2) is 13.2 Å². The number of sulfonamides is 1. The van der Waals surface area contributed by atoms with Gasteiger partial charge in [-0.1, -0.05) is 54.6 Å². The summed E-state index contributed by atoms with van der Waals surface area (Å²) in [6.45, 7) is 3.73. The first-order chi connectivity index (χ1) is 20.6. The first-order valence-corrected chi connectivity index (χ1v) is 15.0. The van der Waals surface area contributed by atoms with Crippen molar-refractivity contribution < 1.29 is 32.3 Å². The molecule has 0 saturated heterocycles. The molecule has 0 radical (unpaired) electrons. The molecule has 0 atom stereocenters. The van der Waals surface area contributed by atoms with Crippen molar-refractivity contribution in [2.24, 2.45) is 0 Å². The van der Waals surface area contributed by atoms with Gasteiger partial charge in [0.05, 0.1) is 29.2 Å². The second-order valence-corrected chi connectivity index (χ2v) is 11.9. The van der Waals surface area contributed by atoms with Gasteiger partial charge in [-0.3, -0.25) is 9.10 Å². The second kappa shape index (κ2) is 12.4. The number of nitrogens with zero attached hydrogens (tertiary/aromatic N) is 1. The Labute approximate surface area is 249 Å². The number of nitrogens with one attached hydrogen (secondary N) is 1. The lowest BCUT2D eigenvalue weighted by Crippen LogP contribution is -2.32. The number of carbonyl (C=O) groups excluding carboxylic acids is 1. The quantitative estimate of drug-likeness (QED) is 0.180. The Balaban J connectivity index is 1.31. The molecular formula is C33H30N2O7S. The van der Waals surface area contributed by atoms with Gasteiger partial charge in [-0.05, 0) is 73.0 Å². The molecule has 220 valence electrons. The van der Waals surface area contributed by atoms with Crippen molar-refractivity contribution in [2.45, 2.75) is 25.3 Å². The first-order valence-electron chi connectivity index (χ1n) is 13.5. The molecule has 5 aromatic rings. The third-order valence-electron chi connectivity index (χ3n) is 6.83. The zero-order chi connectivity index (χ0) is 30.6. The maximum Gasteiger partial charge on any atom is 0.338 e. The molecular weight excluding hydrogens is 568 g/mol. The minimum Gasteiger partial charge on any atom is -0.492 e. The molecule has 1 aromatic heterocycles. The Morgan fingerprint density at radius 1 is 0.907 bits per heavy atom. The third kappa shape index (κ3) is 6.54. The smallest absolute Gasteiger partial charge is 0.338 e. The lowest BCUT2D eigenvalue weighted by molar-refractivity contribution is 0.0696. The largest absolute Gasteiger partial charge is 0.492 e. The highest BCUT2D eigenvalue weighted by molar-refractivity contribution is 7.92. The summed E-state index contributed by atoms with van der Waals surface area (Å²) >= 11 is 0. The normalized spacial score (nSPS) is 11.3. The molecule has 10 heteroatoms. The number of ether oxygens (including phenoxy) is 1. The molecule has 0 aliphatic heterocycles. The monoisotopic (exact) mass is 598 g/mol. The molecule has 0 aliphatic rings. The van der Waals surface area contributed by atoms with Gasteiger partial charge in [-0.2, -0.15) is 0 Å². The Bertz CT molecular complexity index is 1850. The van der Waals surface area contributed by atoms with Crippen LogP contribution in [0.2, 0.25) is 0 Å². The molecule has 5 rings (SSSR count). The van der Waals surface area contributed by atoms with Crippen molar-refractivity contribution in [3.05, 3.63) is 125 Å². The van der Waals surface area contributed by atoms with E-state index in [1.807, 2.05) is 24.3 Å². The third-order valence-corrected chi connectivity index (χ3v) is 8.60. The minimum atomic E-state index is -4.19. The number of hydrogen-bond donors (Lipinski definition) is 2. The van der Waals surface area contributed by atoms with E-state index in [0.29, 0.717) is 22.5 Å². The maximum atomic E-state index is 14.0. The highest BCUT2D eigenvalue weighted by atomic mass is 32.2. The van der Waals surface area contributed by atoms with Crippen molar-refractivity contribution in [1.29, 1.82) is 0 Å². The molecule has 0 fully saturated rings. The number of carboxylic acids is 1. The molecule has 4 aromatic carbocycles. The van der Waals surface area contributed by atoms with E-state index in [4.69, 9.17) is 9.15 Å². The summed E-state index contributed by atoms with van der Waals surface area (Å²) in [5.74, 6) is -0.973. The van der Waals surface area contributed by atoms with Crippen LogP contribution in [0.15, 0.2) is 106 Å². The van der Waals surface area contributed by atoms with Crippen molar-refractivity contribution in [1.82, 2.24) is 5.32 Å². The number of anilines is 1. The van der Waals surface area contributed by atoms with E-state index in [9.17, 15) is 23.1 Å². The molecule has 0 unspecified atom stereocenters. The second-order valence-electron chi connectivity index (χ2n) is 10.0. The first kappa shape index (κ1) is 29.4. The lowest BCUT2D eigenvalue weighted by atomic mass is 10.0. The SMILES string of the molecule is Cc1cc(C)c(C(=O)O)c(N(Cc2ccccc2)S(=O)(=O)c2ccc(OCCNC(=O)c3cc4ccccc4o3)cc2)c1. The van der Waals surface area contributed by atoms with E-state index in [1.54, 1.807) is 62.4 Å². The minimum absolute atomic E-state index is 0.0236. The van der Waals surface area contributed by atoms with Gasteiger partial charge in [0.2, 0.25) is 0 Å². The summed E-state index contributed by atoms with van der Waals surface area (Å²) < 4.78 is 40.4. The number of benzene rings is 4. The van der Waals surface area contributed by atoms with E-state index in [0.717, 1.165) is 15.3 Å². The van der Waals surface area contributed by atoms with Crippen LogP contribution in [0.5, 0.6) is 5.75 Å². The fourth-order valence-electron chi connectivity index (χ4n) is 4.82. The van der Waals surface area contributed by atoms with Gasteiger partial charge in [0.15, 0.2) is 5.76 Å². The standard InChI is InChI=1S/C33H30N2O7S/c1-22-18-23(2)31(33(37)38)28(19-22)35(21-24-8-4-3-5-9-24)43(39,40)27-14-12-26(13-15-27)41-17-16-34-32(36)30-20-25-10-6-7-11-29(25)42-30/h3-15,18-20H,16-17,21H2,1-2H3,(H,34,36)(H,37,38). The van der Waals surface area contributed by atoms with Gasteiger partial charge in [0.1, 0.15) is 17.9 Å². The summed E-state index contributed by atoms with van der Waals surface area (Å²) in [6.07, 6.45) is 0. The average molecular weight is 599 g/mol. The molecule has 2 N–H and O–H groups in total. The highest BCUT2D eigenvalue weighted by Crippen LogP contribution is 2.33. The van der Waals surface area contributed by atoms with Crippen LogP contribution in [0.25, 0.3) is 11.0 Å². The van der Waals surface area contributed by atoms with Crippen molar-refractivity contribution in [3.8, 4) is 5.75 Å². The van der Waals surface area contributed by atoms with Crippen LogP contribution in [-0.2, 0) is 16.6 Å². The van der Waals surface area contributed by atoms with Gasteiger partial charge >= 0.3 is 5.97 Å². The van der Waals surface area contributed by atoms with Gasteiger partial charge in [0.25, 0.3) is 15.9 Å². The topological polar surface area (TPSA) is 126 Å². The van der Waals surface area contributed by atoms with E-state index >= 15 is 0 Å². The zero-order valence-electron chi connectivity index (χ0n) is 23.6. The summed E-state index contributed by atoms with van der Waals surface area (Å²) in [7, 11) is -4.19. The summed E-state index contributed by atoms with van der Waals surface area (Å²) in [6, 6.07) is 27.2. The summed E-state index contributed by atoms with van der Waals surface area (Å²) in [4.78, 5) is 24.6. The Morgan fingerprint density at radius 2 is 1.60 bits per heavy atom. The number of furan rings is 1. The van der Waals surface area contributed by atoms with E-state index < -0.39 is 16.0 Å². The van der Waals surface area contributed by atoms with Crippen molar-refractivity contribution >= 4 is 38.6 Å². The molecule has 0 aliphatic carbocycles. The molecule has 43 heavy (non-hydrogen) atoms. The van der Waals surface area contributed by atoms with Crippen LogP contribution >= 0.6 is 0 Å². The van der Waals surface area contributed by atoms with E-state index in [2.05, 4.69) is 5.32 Å². The van der Waals surface area contributed by atoms with Crippen molar-refractivity contribution in [3.63, 3.8) is 0 Å². The summed E-state index contributed by atoms with van der Waals surface area (Å²) in [5.41, 5.74) is 2.54. The van der Waals surface area contributed by atoms with Crippen LogP contribution in [0, 0.1) is 13.8 Å². The predicted molar refractivity (Wildman–Crippen MR) is 163 cm³/mol. The number of hydrogen-bond acceptors (Lipinski definition) is 6. The summed E-state index contributed by atoms with van der Waals surface area (Å²) in [5, 5.41) is 13.6. The number of aryl methyl sites for hydroxylation is 2. The van der Waals surface area contributed by atoms with Gasteiger partial charge in [0, 0.05) is 5.39 Å². The number of rotatable bonds is 11.